The molecule has 3 heteroatoms. The summed E-state index contributed by atoms with van der Waals surface area (Å²) in [6, 6.07) is 12.5. The summed E-state index contributed by atoms with van der Waals surface area (Å²) in [7, 11) is 3.34. The summed E-state index contributed by atoms with van der Waals surface area (Å²) in [5, 5.41) is 0. The third kappa shape index (κ3) is 3.15. The van der Waals surface area contributed by atoms with Gasteiger partial charge in [-0.3, -0.25) is 0 Å². The fourth-order valence-electron chi connectivity index (χ4n) is 2.36. The Kier molecular flexibility index (Phi) is 4.71. The molecule has 0 aliphatic heterocycles. The van der Waals surface area contributed by atoms with Crippen LogP contribution in [0, 0.1) is 13.8 Å². The lowest BCUT2D eigenvalue weighted by molar-refractivity contribution is 0.391. The largest absolute Gasteiger partial charge is 0.497 e. The number of halogens is 1. The van der Waals surface area contributed by atoms with E-state index in [4.69, 9.17) is 9.47 Å². The van der Waals surface area contributed by atoms with Crippen LogP contribution in [0.3, 0.4) is 0 Å². The molecule has 0 aromatic heterocycles. The summed E-state index contributed by atoms with van der Waals surface area (Å²) in [5.41, 5.74) is 4.85. The first-order chi connectivity index (χ1) is 9.55. The summed E-state index contributed by atoms with van der Waals surface area (Å²) in [6.07, 6.45) is 0. The van der Waals surface area contributed by atoms with Crippen LogP contribution in [0.1, 0.15) is 27.1 Å². The molecule has 0 N–H and O–H groups in total. The van der Waals surface area contributed by atoms with E-state index >= 15 is 0 Å². The van der Waals surface area contributed by atoms with Gasteiger partial charge in [0.05, 0.1) is 19.0 Å². The van der Waals surface area contributed by atoms with Gasteiger partial charge < -0.3 is 9.47 Å². The molecule has 0 amide bonds. The minimum absolute atomic E-state index is 0.0990. The molecule has 0 heterocycles. The van der Waals surface area contributed by atoms with Crippen molar-refractivity contribution in [1.82, 2.24) is 0 Å². The van der Waals surface area contributed by atoms with Gasteiger partial charge in [0.15, 0.2) is 0 Å². The zero-order chi connectivity index (χ0) is 14.7. The predicted molar refractivity (Wildman–Crippen MR) is 86.2 cm³/mol. The van der Waals surface area contributed by atoms with Crippen LogP contribution in [0.2, 0.25) is 0 Å². The molecule has 1 atom stereocenters. The molecule has 0 aliphatic rings. The molecule has 2 nitrogen and oxygen atoms in total. The Balaban J connectivity index is 2.44. The maximum Gasteiger partial charge on any atom is 0.127 e. The minimum atomic E-state index is 0.0990. The lowest BCUT2D eigenvalue weighted by Gasteiger charge is -2.16. The quantitative estimate of drug-likeness (QED) is 0.747. The number of aryl methyl sites for hydroxylation is 2. The van der Waals surface area contributed by atoms with Gasteiger partial charge in [-0.25, -0.2) is 0 Å². The van der Waals surface area contributed by atoms with Crippen LogP contribution in [-0.2, 0) is 0 Å². The van der Waals surface area contributed by atoms with E-state index in [1.807, 2.05) is 18.2 Å². The number of rotatable bonds is 4. The molecule has 0 saturated carbocycles. The molecule has 0 spiro atoms. The zero-order valence-electron chi connectivity index (χ0n) is 12.2. The molecule has 20 heavy (non-hydrogen) atoms. The van der Waals surface area contributed by atoms with Crippen molar-refractivity contribution in [2.45, 2.75) is 18.7 Å². The maximum atomic E-state index is 5.48. The summed E-state index contributed by atoms with van der Waals surface area (Å²) < 4.78 is 10.7. The number of benzene rings is 2. The molecular weight excluding hydrogens is 316 g/mol. The maximum absolute atomic E-state index is 5.48. The number of methoxy groups -OCH3 is 2. The molecule has 2 aromatic rings. The second kappa shape index (κ2) is 6.31. The van der Waals surface area contributed by atoms with Gasteiger partial charge >= 0.3 is 0 Å². The van der Waals surface area contributed by atoms with Gasteiger partial charge in [0, 0.05) is 11.6 Å². The number of hydrogen-bond donors (Lipinski definition) is 0. The highest BCUT2D eigenvalue weighted by atomic mass is 79.9. The Morgan fingerprint density at radius 3 is 2.10 bits per heavy atom. The second-order valence-corrected chi connectivity index (χ2v) is 5.81. The standard InChI is InChI=1S/C17H19BrO2/c1-11-7-12(2)9-13(8-11)17(18)15-6-5-14(19-3)10-16(15)20-4/h5-10,17H,1-4H3. The first-order valence-corrected chi connectivity index (χ1v) is 7.41. The van der Waals surface area contributed by atoms with Gasteiger partial charge in [-0.2, -0.15) is 0 Å². The van der Waals surface area contributed by atoms with Crippen LogP contribution >= 0.6 is 15.9 Å². The molecule has 2 aromatic carbocycles. The summed E-state index contributed by atoms with van der Waals surface area (Å²) in [6.45, 7) is 4.23. The van der Waals surface area contributed by atoms with E-state index in [-0.39, 0.29) is 4.83 Å². The lowest BCUT2D eigenvalue weighted by atomic mass is 10.00. The molecular formula is C17H19BrO2. The van der Waals surface area contributed by atoms with Crippen LogP contribution in [0.25, 0.3) is 0 Å². The number of ether oxygens (including phenoxy) is 2. The van der Waals surface area contributed by atoms with Crippen LogP contribution < -0.4 is 9.47 Å². The van der Waals surface area contributed by atoms with E-state index in [2.05, 4.69) is 48.0 Å². The van der Waals surface area contributed by atoms with Crippen LogP contribution in [0.4, 0.5) is 0 Å². The molecule has 106 valence electrons. The third-order valence-corrected chi connectivity index (χ3v) is 4.27. The summed E-state index contributed by atoms with van der Waals surface area (Å²) >= 11 is 3.78. The monoisotopic (exact) mass is 334 g/mol. The van der Waals surface area contributed by atoms with Crippen molar-refractivity contribution in [1.29, 1.82) is 0 Å². The molecule has 0 bridgehead atoms. The third-order valence-electron chi connectivity index (χ3n) is 3.25. The van der Waals surface area contributed by atoms with Crippen molar-refractivity contribution in [3.63, 3.8) is 0 Å². The fourth-order valence-corrected chi connectivity index (χ4v) is 3.01. The first-order valence-electron chi connectivity index (χ1n) is 6.49. The van der Waals surface area contributed by atoms with E-state index in [0.29, 0.717) is 0 Å². The van der Waals surface area contributed by atoms with Gasteiger partial charge in [-0.15, -0.1) is 0 Å². The summed E-state index contributed by atoms with van der Waals surface area (Å²) in [4.78, 5) is 0.0990. The van der Waals surface area contributed by atoms with Gasteiger partial charge in [-0.05, 0) is 25.5 Å². The molecule has 1 unspecified atom stereocenters. The van der Waals surface area contributed by atoms with Gasteiger partial charge in [-0.1, -0.05) is 51.3 Å². The van der Waals surface area contributed by atoms with E-state index in [9.17, 15) is 0 Å². The lowest BCUT2D eigenvalue weighted by Crippen LogP contribution is -1.99. The SMILES string of the molecule is COc1ccc(C(Br)c2cc(C)cc(C)c2)c(OC)c1. The van der Waals surface area contributed by atoms with Crippen molar-refractivity contribution in [2.75, 3.05) is 14.2 Å². The Hall–Kier alpha value is -1.48. The van der Waals surface area contributed by atoms with E-state index in [1.54, 1.807) is 14.2 Å². The Morgan fingerprint density at radius 2 is 1.55 bits per heavy atom. The van der Waals surface area contributed by atoms with Gasteiger partial charge in [0.25, 0.3) is 0 Å². The molecule has 0 saturated heterocycles. The molecule has 0 fully saturated rings. The molecule has 0 radical (unpaired) electrons. The van der Waals surface area contributed by atoms with Crippen molar-refractivity contribution in [3.8, 4) is 11.5 Å². The van der Waals surface area contributed by atoms with Crippen molar-refractivity contribution >= 4 is 15.9 Å². The van der Waals surface area contributed by atoms with Gasteiger partial charge in [0.1, 0.15) is 11.5 Å². The van der Waals surface area contributed by atoms with Crippen molar-refractivity contribution in [3.05, 3.63) is 58.7 Å². The first kappa shape index (κ1) is 14.9. The normalized spacial score (nSPS) is 12.1. The highest BCUT2D eigenvalue weighted by molar-refractivity contribution is 9.09. The second-order valence-electron chi connectivity index (χ2n) is 4.89. The van der Waals surface area contributed by atoms with Crippen molar-refractivity contribution < 1.29 is 9.47 Å². The van der Waals surface area contributed by atoms with Crippen LogP contribution in [0.15, 0.2) is 36.4 Å². The minimum Gasteiger partial charge on any atom is -0.497 e. The van der Waals surface area contributed by atoms with E-state index < -0.39 is 0 Å². The Bertz CT molecular complexity index is 588. The highest BCUT2D eigenvalue weighted by Gasteiger charge is 2.16. The zero-order valence-corrected chi connectivity index (χ0v) is 13.8. The van der Waals surface area contributed by atoms with E-state index in [1.165, 1.54) is 16.7 Å². The number of alkyl halides is 1. The average molecular weight is 335 g/mol. The predicted octanol–water partition coefficient (Wildman–Crippen LogP) is 4.80. The number of hydrogen-bond acceptors (Lipinski definition) is 2. The van der Waals surface area contributed by atoms with E-state index in [0.717, 1.165) is 17.1 Å². The highest BCUT2D eigenvalue weighted by Crippen LogP contribution is 2.38. The molecule has 2 rings (SSSR count). The fraction of sp³-hybridized carbons (Fsp3) is 0.294. The molecule has 0 aliphatic carbocycles. The Morgan fingerprint density at radius 1 is 0.900 bits per heavy atom. The smallest absolute Gasteiger partial charge is 0.127 e. The topological polar surface area (TPSA) is 18.5 Å². The van der Waals surface area contributed by atoms with Crippen molar-refractivity contribution in [2.24, 2.45) is 0 Å². The Labute approximate surface area is 128 Å². The summed E-state index contributed by atoms with van der Waals surface area (Å²) in [5.74, 6) is 1.62. The van der Waals surface area contributed by atoms with Crippen LogP contribution in [0.5, 0.6) is 11.5 Å². The average Bonchev–Trinajstić information content (AvgIpc) is 2.44. The van der Waals surface area contributed by atoms with Gasteiger partial charge in [0.2, 0.25) is 0 Å². The van der Waals surface area contributed by atoms with Crippen LogP contribution in [-0.4, -0.2) is 14.2 Å².